The van der Waals surface area contributed by atoms with Gasteiger partial charge in [-0.3, -0.25) is 4.79 Å². The van der Waals surface area contributed by atoms with Gasteiger partial charge in [0.15, 0.2) is 0 Å². The summed E-state index contributed by atoms with van der Waals surface area (Å²) in [5.41, 5.74) is 5.55. The van der Waals surface area contributed by atoms with E-state index >= 15 is 0 Å². The van der Waals surface area contributed by atoms with Crippen molar-refractivity contribution in [3.63, 3.8) is 0 Å². The molecule has 0 bridgehead atoms. The number of aromatic nitrogens is 2. The zero-order valence-corrected chi connectivity index (χ0v) is 10.4. The summed E-state index contributed by atoms with van der Waals surface area (Å²) >= 11 is 1.41. The SMILES string of the molecule is Nc1cc(SCC(=O)N2CCCCC2)ncn1. The number of hydrogen-bond acceptors (Lipinski definition) is 5. The maximum absolute atomic E-state index is 11.9. The Balaban J connectivity index is 1.83. The van der Waals surface area contributed by atoms with E-state index < -0.39 is 0 Å². The number of carbonyl (C=O) groups is 1. The molecule has 0 saturated carbocycles. The van der Waals surface area contributed by atoms with Crippen LogP contribution in [0.4, 0.5) is 5.82 Å². The number of amides is 1. The molecule has 0 aromatic carbocycles. The maximum atomic E-state index is 11.9. The number of hydrogen-bond donors (Lipinski definition) is 1. The standard InChI is InChI=1S/C11H16N4OS/c12-9-6-10(14-8-13-9)17-7-11(16)15-4-2-1-3-5-15/h6,8H,1-5,7H2,(H2,12,13,14). The van der Waals surface area contributed by atoms with Gasteiger partial charge in [-0.15, -0.1) is 0 Å². The Morgan fingerprint density at radius 3 is 2.82 bits per heavy atom. The summed E-state index contributed by atoms with van der Waals surface area (Å²) in [5, 5.41) is 0.753. The van der Waals surface area contributed by atoms with E-state index in [1.807, 2.05) is 4.90 Å². The van der Waals surface area contributed by atoms with Crippen LogP contribution in [-0.4, -0.2) is 39.6 Å². The van der Waals surface area contributed by atoms with E-state index in [0.717, 1.165) is 31.0 Å². The maximum Gasteiger partial charge on any atom is 0.232 e. The molecule has 0 unspecified atom stereocenters. The van der Waals surface area contributed by atoms with Crippen LogP contribution in [0.1, 0.15) is 19.3 Å². The molecule has 1 aromatic rings. The van der Waals surface area contributed by atoms with Crippen LogP contribution in [0.3, 0.4) is 0 Å². The highest BCUT2D eigenvalue weighted by molar-refractivity contribution is 7.99. The van der Waals surface area contributed by atoms with Gasteiger partial charge in [0.1, 0.15) is 17.2 Å². The van der Waals surface area contributed by atoms with Crippen LogP contribution in [0.25, 0.3) is 0 Å². The Morgan fingerprint density at radius 2 is 2.12 bits per heavy atom. The predicted molar refractivity (Wildman–Crippen MR) is 67.6 cm³/mol. The summed E-state index contributed by atoms with van der Waals surface area (Å²) < 4.78 is 0. The van der Waals surface area contributed by atoms with Gasteiger partial charge in [-0.05, 0) is 19.3 Å². The molecule has 1 fully saturated rings. The van der Waals surface area contributed by atoms with Gasteiger partial charge in [-0.2, -0.15) is 0 Å². The monoisotopic (exact) mass is 252 g/mol. The largest absolute Gasteiger partial charge is 0.384 e. The highest BCUT2D eigenvalue weighted by Crippen LogP contribution is 2.17. The Morgan fingerprint density at radius 1 is 1.35 bits per heavy atom. The highest BCUT2D eigenvalue weighted by Gasteiger charge is 2.16. The summed E-state index contributed by atoms with van der Waals surface area (Å²) in [6.45, 7) is 1.79. The number of carbonyl (C=O) groups excluding carboxylic acids is 1. The van der Waals surface area contributed by atoms with Crippen molar-refractivity contribution < 1.29 is 4.79 Å². The molecule has 92 valence electrons. The number of nitrogen functional groups attached to an aromatic ring is 1. The molecule has 1 aliphatic rings. The third kappa shape index (κ3) is 3.59. The first-order chi connectivity index (χ1) is 8.25. The lowest BCUT2D eigenvalue weighted by Gasteiger charge is -2.26. The Labute approximate surface area is 105 Å². The van der Waals surface area contributed by atoms with Crippen LogP contribution in [0.5, 0.6) is 0 Å². The molecule has 2 heterocycles. The Kier molecular flexibility index (Phi) is 4.19. The highest BCUT2D eigenvalue weighted by atomic mass is 32.2. The first-order valence-corrected chi connectivity index (χ1v) is 6.72. The lowest BCUT2D eigenvalue weighted by atomic mass is 10.1. The van der Waals surface area contributed by atoms with Gasteiger partial charge in [0.2, 0.25) is 5.91 Å². The van der Waals surface area contributed by atoms with E-state index in [9.17, 15) is 4.79 Å². The smallest absolute Gasteiger partial charge is 0.232 e. The molecule has 6 heteroatoms. The van der Waals surface area contributed by atoms with Gasteiger partial charge in [0.05, 0.1) is 5.75 Å². The van der Waals surface area contributed by atoms with Crippen LogP contribution in [0, 0.1) is 0 Å². The van der Waals surface area contributed by atoms with Gasteiger partial charge in [-0.1, -0.05) is 11.8 Å². The van der Waals surface area contributed by atoms with Crippen molar-refractivity contribution in [2.75, 3.05) is 24.6 Å². The second-order valence-electron chi connectivity index (χ2n) is 4.01. The van der Waals surface area contributed by atoms with E-state index in [0.29, 0.717) is 11.6 Å². The number of nitrogens with two attached hydrogens (primary N) is 1. The molecule has 1 saturated heterocycles. The molecule has 2 rings (SSSR count). The van der Waals surface area contributed by atoms with E-state index in [-0.39, 0.29) is 5.91 Å². The van der Waals surface area contributed by atoms with Crippen molar-refractivity contribution in [2.24, 2.45) is 0 Å². The van der Waals surface area contributed by atoms with Gasteiger partial charge >= 0.3 is 0 Å². The van der Waals surface area contributed by atoms with Crippen LogP contribution < -0.4 is 5.73 Å². The number of piperidine rings is 1. The molecule has 1 aromatic heterocycles. The molecule has 0 spiro atoms. The van der Waals surface area contributed by atoms with E-state index in [1.54, 1.807) is 6.07 Å². The zero-order valence-electron chi connectivity index (χ0n) is 9.63. The molecule has 1 amide bonds. The molecular weight excluding hydrogens is 236 g/mol. The minimum absolute atomic E-state index is 0.187. The fourth-order valence-electron chi connectivity index (χ4n) is 1.80. The van der Waals surface area contributed by atoms with Crippen LogP contribution in [-0.2, 0) is 4.79 Å². The molecule has 5 nitrogen and oxygen atoms in total. The molecule has 1 aliphatic heterocycles. The molecule has 17 heavy (non-hydrogen) atoms. The second kappa shape index (κ2) is 5.86. The zero-order chi connectivity index (χ0) is 12.1. The van der Waals surface area contributed by atoms with E-state index in [2.05, 4.69) is 9.97 Å². The summed E-state index contributed by atoms with van der Waals surface area (Å²) in [6, 6.07) is 1.69. The van der Waals surface area contributed by atoms with Crippen LogP contribution in [0.2, 0.25) is 0 Å². The van der Waals surface area contributed by atoms with Gasteiger partial charge in [0.25, 0.3) is 0 Å². The summed E-state index contributed by atoms with van der Waals surface area (Å²) in [4.78, 5) is 21.7. The number of nitrogens with zero attached hydrogens (tertiary/aromatic N) is 3. The van der Waals surface area contributed by atoms with Gasteiger partial charge in [0, 0.05) is 19.2 Å². The van der Waals surface area contributed by atoms with Crippen molar-refractivity contribution in [1.29, 1.82) is 0 Å². The minimum Gasteiger partial charge on any atom is -0.384 e. The molecule has 0 radical (unpaired) electrons. The van der Waals surface area contributed by atoms with Gasteiger partial charge in [-0.25, -0.2) is 9.97 Å². The topological polar surface area (TPSA) is 72.1 Å². The lowest BCUT2D eigenvalue weighted by molar-refractivity contribution is -0.129. The molecule has 0 atom stereocenters. The van der Waals surface area contributed by atoms with Crippen molar-refractivity contribution >= 4 is 23.5 Å². The van der Waals surface area contributed by atoms with E-state index in [4.69, 9.17) is 5.73 Å². The number of likely N-dealkylation sites (tertiary alicyclic amines) is 1. The lowest BCUT2D eigenvalue weighted by Crippen LogP contribution is -2.36. The average molecular weight is 252 g/mol. The van der Waals surface area contributed by atoms with Crippen molar-refractivity contribution in [3.05, 3.63) is 12.4 Å². The minimum atomic E-state index is 0.187. The van der Waals surface area contributed by atoms with Gasteiger partial charge < -0.3 is 10.6 Å². The third-order valence-corrected chi connectivity index (χ3v) is 3.63. The van der Waals surface area contributed by atoms with Crippen molar-refractivity contribution in [2.45, 2.75) is 24.3 Å². The normalized spacial score (nSPS) is 15.9. The third-order valence-electron chi connectivity index (χ3n) is 2.72. The van der Waals surface area contributed by atoms with Crippen LogP contribution in [0.15, 0.2) is 17.4 Å². The second-order valence-corrected chi connectivity index (χ2v) is 5.01. The quantitative estimate of drug-likeness (QED) is 0.645. The number of thioether (sulfide) groups is 1. The summed E-state index contributed by atoms with van der Waals surface area (Å²) in [6.07, 6.45) is 4.90. The fraction of sp³-hybridized carbons (Fsp3) is 0.545. The predicted octanol–water partition coefficient (Wildman–Crippen LogP) is 1.16. The molecule has 2 N–H and O–H groups in total. The van der Waals surface area contributed by atoms with Crippen LogP contribution >= 0.6 is 11.8 Å². The first-order valence-electron chi connectivity index (χ1n) is 5.74. The van der Waals surface area contributed by atoms with Crippen molar-refractivity contribution in [3.8, 4) is 0 Å². The average Bonchev–Trinajstić information content (AvgIpc) is 2.37. The molecule has 0 aliphatic carbocycles. The van der Waals surface area contributed by atoms with Crippen molar-refractivity contribution in [1.82, 2.24) is 14.9 Å². The first kappa shape index (κ1) is 12.2. The van der Waals surface area contributed by atoms with E-state index in [1.165, 1.54) is 24.5 Å². The fourth-order valence-corrected chi connectivity index (χ4v) is 2.58. The summed E-state index contributed by atoms with van der Waals surface area (Å²) in [5.74, 6) is 1.05. The summed E-state index contributed by atoms with van der Waals surface area (Å²) in [7, 11) is 0. The Hall–Kier alpha value is -1.30. The number of rotatable bonds is 3. The Bertz CT molecular complexity index is 393. The molecular formula is C11H16N4OS. The number of anilines is 1.